The van der Waals surface area contributed by atoms with Crippen LogP contribution in [0.15, 0.2) is 28.7 Å². The van der Waals surface area contributed by atoms with Gasteiger partial charge in [0, 0.05) is 17.4 Å². The number of nitrogen functional groups attached to an aromatic ring is 1. The van der Waals surface area contributed by atoms with Gasteiger partial charge in [-0.05, 0) is 25.1 Å². The first-order valence-electron chi connectivity index (χ1n) is 6.38. The molecule has 108 valence electrons. The van der Waals surface area contributed by atoms with Crippen LogP contribution >= 0.6 is 0 Å². The van der Waals surface area contributed by atoms with Crippen LogP contribution in [-0.4, -0.2) is 24.2 Å². The average Bonchev–Trinajstić information content (AvgIpc) is 2.89. The van der Waals surface area contributed by atoms with Crippen molar-refractivity contribution >= 4 is 16.9 Å². The van der Waals surface area contributed by atoms with Crippen LogP contribution in [0.25, 0.3) is 22.7 Å². The van der Waals surface area contributed by atoms with Crippen molar-refractivity contribution in [3.63, 3.8) is 0 Å². The van der Waals surface area contributed by atoms with Crippen LogP contribution in [0.5, 0.6) is 11.5 Å². The van der Waals surface area contributed by atoms with Crippen molar-refractivity contribution < 1.29 is 13.9 Å². The number of ether oxygens (including phenoxy) is 2. The zero-order chi connectivity index (χ0) is 15.0. The molecule has 0 radical (unpaired) electrons. The Morgan fingerprint density at radius 3 is 2.48 bits per heavy atom. The summed E-state index contributed by atoms with van der Waals surface area (Å²) in [5.74, 6) is 1.53. The molecule has 21 heavy (non-hydrogen) atoms. The number of nitrogens with two attached hydrogens (primary N) is 1. The molecule has 2 N–H and O–H groups in total. The third kappa shape index (κ3) is 2.24. The van der Waals surface area contributed by atoms with E-state index in [2.05, 4.69) is 9.97 Å². The topological polar surface area (TPSA) is 83.4 Å². The lowest BCUT2D eigenvalue weighted by Gasteiger charge is -2.10. The molecule has 0 aliphatic heterocycles. The Kier molecular flexibility index (Phi) is 3.13. The van der Waals surface area contributed by atoms with Crippen molar-refractivity contribution in [2.24, 2.45) is 0 Å². The number of oxazole rings is 1. The van der Waals surface area contributed by atoms with Gasteiger partial charge in [-0.1, -0.05) is 0 Å². The number of nitrogens with zero attached hydrogens (tertiary/aromatic N) is 2. The van der Waals surface area contributed by atoms with E-state index >= 15 is 0 Å². The summed E-state index contributed by atoms with van der Waals surface area (Å²) in [6.07, 6.45) is 0. The minimum atomic E-state index is 0.404. The van der Waals surface area contributed by atoms with Crippen LogP contribution in [0, 0.1) is 6.92 Å². The first-order valence-corrected chi connectivity index (χ1v) is 6.38. The van der Waals surface area contributed by atoms with Crippen LogP contribution in [0.3, 0.4) is 0 Å². The van der Waals surface area contributed by atoms with Crippen LogP contribution in [0.2, 0.25) is 0 Å². The Bertz CT molecular complexity index is 811. The van der Waals surface area contributed by atoms with Crippen LogP contribution in [0.4, 0.5) is 5.69 Å². The molecule has 3 rings (SSSR count). The lowest BCUT2D eigenvalue weighted by molar-refractivity contribution is 0.355. The molecule has 0 saturated heterocycles. The molecule has 0 saturated carbocycles. The second kappa shape index (κ2) is 4.97. The summed E-state index contributed by atoms with van der Waals surface area (Å²) >= 11 is 0. The van der Waals surface area contributed by atoms with Gasteiger partial charge in [-0.3, -0.25) is 0 Å². The Morgan fingerprint density at radius 1 is 1.05 bits per heavy atom. The number of aromatic nitrogens is 2. The van der Waals surface area contributed by atoms with E-state index in [9.17, 15) is 0 Å². The lowest BCUT2D eigenvalue weighted by Crippen LogP contribution is -1.96. The minimum Gasteiger partial charge on any atom is -0.493 e. The van der Waals surface area contributed by atoms with Crippen molar-refractivity contribution in [1.29, 1.82) is 0 Å². The van der Waals surface area contributed by atoms with E-state index in [1.807, 2.05) is 19.1 Å². The number of hydrogen-bond donors (Lipinski definition) is 1. The van der Waals surface area contributed by atoms with Gasteiger partial charge in [0.25, 0.3) is 0 Å². The number of rotatable bonds is 3. The molecule has 0 amide bonds. The zero-order valence-electron chi connectivity index (χ0n) is 12.0. The molecule has 6 heteroatoms. The molecular formula is C15H15N3O3. The first-order chi connectivity index (χ1) is 10.1. The first kappa shape index (κ1) is 13.2. The summed E-state index contributed by atoms with van der Waals surface area (Å²) in [7, 11) is 3.12. The number of benzene rings is 1. The van der Waals surface area contributed by atoms with Crippen molar-refractivity contribution in [3.8, 4) is 23.0 Å². The molecule has 0 aliphatic rings. The van der Waals surface area contributed by atoms with Gasteiger partial charge in [-0.25, -0.2) is 4.98 Å². The molecule has 6 nitrogen and oxygen atoms in total. The summed E-state index contributed by atoms with van der Waals surface area (Å²) in [6.45, 7) is 1.90. The summed E-state index contributed by atoms with van der Waals surface area (Å²) in [5.41, 5.74) is 9.23. The highest BCUT2D eigenvalue weighted by Crippen LogP contribution is 2.37. The number of anilines is 1. The van der Waals surface area contributed by atoms with Gasteiger partial charge in [0.2, 0.25) is 5.89 Å². The van der Waals surface area contributed by atoms with Crippen LogP contribution in [0.1, 0.15) is 5.69 Å². The SMILES string of the molecule is COc1cc(N)c(-c2nc3nc(C)ccc3o2)cc1OC. The number of aryl methyl sites for hydroxylation is 1. The average molecular weight is 285 g/mol. The van der Waals surface area contributed by atoms with Crippen LogP contribution in [-0.2, 0) is 0 Å². The Labute approximate surface area is 121 Å². The van der Waals surface area contributed by atoms with Crippen molar-refractivity contribution in [2.45, 2.75) is 6.92 Å². The smallest absolute Gasteiger partial charge is 0.231 e. The van der Waals surface area contributed by atoms with E-state index in [0.29, 0.717) is 39.9 Å². The van der Waals surface area contributed by atoms with E-state index in [1.165, 1.54) is 0 Å². The molecule has 2 heterocycles. The highest BCUT2D eigenvalue weighted by Gasteiger charge is 2.16. The summed E-state index contributed by atoms with van der Waals surface area (Å²) in [6, 6.07) is 7.13. The molecule has 0 fully saturated rings. The Hall–Kier alpha value is -2.76. The third-order valence-electron chi connectivity index (χ3n) is 3.18. The largest absolute Gasteiger partial charge is 0.493 e. The summed E-state index contributed by atoms with van der Waals surface area (Å²) < 4.78 is 16.2. The number of methoxy groups -OCH3 is 2. The Morgan fingerprint density at radius 2 is 1.76 bits per heavy atom. The van der Waals surface area contributed by atoms with E-state index < -0.39 is 0 Å². The number of pyridine rings is 1. The van der Waals surface area contributed by atoms with E-state index in [1.54, 1.807) is 26.4 Å². The molecule has 0 aliphatic carbocycles. The lowest BCUT2D eigenvalue weighted by atomic mass is 10.1. The zero-order valence-corrected chi connectivity index (χ0v) is 12.0. The van der Waals surface area contributed by atoms with Gasteiger partial charge >= 0.3 is 0 Å². The van der Waals surface area contributed by atoms with Gasteiger partial charge < -0.3 is 19.6 Å². The summed E-state index contributed by atoms with van der Waals surface area (Å²) in [5, 5.41) is 0. The Balaban J connectivity index is 2.17. The molecule has 0 unspecified atom stereocenters. The maximum absolute atomic E-state index is 6.05. The standard InChI is InChI=1S/C15H15N3O3/c1-8-4-5-11-14(17-8)18-15(21-11)9-6-12(19-2)13(20-3)7-10(9)16/h4-7H,16H2,1-3H3. The maximum Gasteiger partial charge on any atom is 0.231 e. The van der Waals surface area contributed by atoms with E-state index in [0.717, 1.165) is 5.69 Å². The second-order valence-corrected chi connectivity index (χ2v) is 4.59. The molecule has 3 aromatic rings. The molecule has 0 atom stereocenters. The van der Waals surface area contributed by atoms with Gasteiger partial charge in [0.15, 0.2) is 22.7 Å². The number of fused-ring (bicyclic) bond motifs is 1. The monoisotopic (exact) mass is 285 g/mol. The quantitative estimate of drug-likeness (QED) is 0.745. The predicted molar refractivity (Wildman–Crippen MR) is 79.5 cm³/mol. The second-order valence-electron chi connectivity index (χ2n) is 4.59. The number of hydrogen-bond acceptors (Lipinski definition) is 6. The highest BCUT2D eigenvalue weighted by atomic mass is 16.5. The van der Waals surface area contributed by atoms with E-state index in [4.69, 9.17) is 19.6 Å². The highest BCUT2D eigenvalue weighted by molar-refractivity contribution is 5.79. The van der Waals surface area contributed by atoms with Gasteiger partial charge in [0.05, 0.1) is 19.8 Å². The molecular weight excluding hydrogens is 270 g/mol. The maximum atomic E-state index is 6.05. The normalized spacial score (nSPS) is 10.8. The summed E-state index contributed by atoms with van der Waals surface area (Å²) in [4.78, 5) is 8.71. The molecule has 2 aromatic heterocycles. The fraction of sp³-hybridized carbons (Fsp3) is 0.200. The predicted octanol–water partition coefficient (Wildman–Crippen LogP) is 2.80. The fourth-order valence-electron chi connectivity index (χ4n) is 2.11. The molecule has 0 bridgehead atoms. The van der Waals surface area contributed by atoms with Gasteiger partial charge in [-0.15, -0.1) is 0 Å². The minimum absolute atomic E-state index is 0.404. The third-order valence-corrected chi connectivity index (χ3v) is 3.18. The van der Waals surface area contributed by atoms with Crippen molar-refractivity contribution in [2.75, 3.05) is 20.0 Å². The fourth-order valence-corrected chi connectivity index (χ4v) is 2.11. The van der Waals surface area contributed by atoms with E-state index in [-0.39, 0.29) is 0 Å². The van der Waals surface area contributed by atoms with Crippen LogP contribution < -0.4 is 15.2 Å². The van der Waals surface area contributed by atoms with Gasteiger partial charge in [-0.2, -0.15) is 4.98 Å². The van der Waals surface area contributed by atoms with Gasteiger partial charge in [0.1, 0.15) is 0 Å². The molecule has 0 spiro atoms. The van der Waals surface area contributed by atoms with Crippen molar-refractivity contribution in [1.82, 2.24) is 9.97 Å². The van der Waals surface area contributed by atoms with Crippen molar-refractivity contribution in [3.05, 3.63) is 30.0 Å². The molecule has 1 aromatic carbocycles.